The fourth-order valence-corrected chi connectivity index (χ4v) is 2.46. The van der Waals surface area contributed by atoms with Gasteiger partial charge in [0, 0.05) is 10.0 Å². The molecule has 2 aromatic carbocycles. The van der Waals surface area contributed by atoms with Gasteiger partial charge in [0.15, 0.2) is 12.4 Å². The zero-order valence-electron chi connectivity index (χ0n) is 14.7. The molecule has 2 rings (SSSR count). The Hall–Kier alpha value is -3.74. The van der Waals surface area contributed by atoms with E-state index >= 15 is 0 Å². The van der Waals surface area contributed by atoms with E-state index in [1.807, 2.05) is 0 Å². The minimum Gasteiger partial charge on any atom is -0.507 e. The number of hydrogen-bond donors (Lipinski definition) is 2. The molecule has 0 fully saturated rings. The number of phenolic OH excluding ortho intramolecular Hbond substituents is 1. The summed E-state index contributed by atoms with van der Waals surface area (Å²) in [6, 6.07) is 6.24. The highest BCUT2D eigenvalue weighted by molar-refractivity contribution is 9.10. The number of nitrogens with zero attached hydrogens (tertiary/aromatic N) is 3. The lowest BCUT2D eigenvalue weighted by Crippen LogP contribution is -2.25. The molecule has 0 atom stereocenters. The number of amides is 1. The van der Waals surface area contributed by atoms with E-state index in [4.69, 9.17) is 9.47 Å². The zero-order chi connectivity index (χ0) is 21.6. The molecule has 0 aliphatic rings. The number of rotatable bonds is 8. The lowest BCUT2D eigenvalue weighted by Gasteiger charge is -2.10. The summed E-state index contributed by atoms with van der Waals surface area (Å²) >= 11 is 3.22. The lowest BCUT2D eigenvalue weighted by molar-refractivity contribution is -0.394. The molecule has 0 unspecified atom stereocenters. The van der Waals surface area contributed by atoms with E-state index in [9.17, 15) is 30.1 Å². The van der Waals surface area contributed by atoms with E-state index in [0.29, 0.717) is 16.1 Å². The van der Waals surface area contributed by atoms with Crippen molar-refractivity contribution in [1.29, 1.82) is 0 Å². The normalized spacial score (nSPS) is 10.6. The molecule has 1 amide bonds. The SMILES string of the molecule is COc1cc([N+](=O)[O-])cc([N+](=O)[O-])c1OCC(=O)N/N=C\c1cc(Br)ccc1O. The van der Waals surface area contributed by atoms with Gasteiger partial charge in [0.25, 0.3) is 11.6 Å². The average molecular weight is 469 g/mol. The number of nitro groups is 2. The number of methoxy groups -OCH3 is 1. The molecule has 0 saturated heterocycles. The molecule has 0 aliphatic heterocycles. The van der Waals surface area contributed by atoms with E-state index in [1.54, 1.807) is 12.1 Å². The highest BCUT2D eigenvalue weighted by Crippen LogP contribution is 2.40. The van der Waals surface area contributed by atoms with E-state index < -0.39 is 39.5 Å². The van der Waals surface area contributed by atoms with Gasteiger partial charge in [-0.3, -0.25) is 25.0 Å². The maximum absolute atomic E-state index is 11.9. The Morgan fingerprint density at radius 1 is 1.28 bits per heavy atom. The van der Waals surface area contributed by atoms with Gasteiger partial charge in [0.2, 0.25) is 5.75 Å². The van der Waals surface area contributed by atoms with Crippen molar-refractivity contribution < 1.29 is 29.2 Å². The second-order valence-corrected chi connectivity index (χ2v) is 6.21. The summed E-state index contributed by atoms with van der Waals surface area (Å²) in [4.78, 5) is 32.2. The van der Waals surface area contributed by atoms with Crippen LogP contribution in [0.1, 0.15) is 5.56 Å². The molecule has 0 aromatic heterocycles. The summed E-state index contributed by atoms with van der Waals surface area (Å²) in [7, 11) is 1.14. The van der Waals surface area contributed by atoms with E-state index in [2.05, 4.69) is 26.5 Å². The Balaban J connectivity index is 2.11. The molecule has 0 radical (unpaired) electrons. The number of carbonyl (C=O) groups excluding carboxylic acids is 1. The molecule has 2 aromatic rings. The van der Waals surface area contributed by atoms with Crippen molar-refractivity contribution in [1.82, 2.24) is 5.43 Å². The number of aromatic hydroxyl groups is 1. The second-order valence-electron chi connectivity index (χ2n) is 5.30. The molecule has 152 valence electrons. The maximum atomic E-state index is 11.9. The van der Waals surface area contributed by atoms with Crippen LogP contribution in [0.3, 0.4) is 0 Å². The lowest BCUT2D eigenvalue weighted by atomic mass is 10.2. The first kappa shape index (κ1) is 21.6. The molecule has 0 bridgehead atoms. The summed E-state index contributed by atoms with van der Waals surface area (Å²) in [6.45, 7) is -0.684. The number of hydrogen-bond acceptors (Lipinski definition) is 9. The van der Waals surface area contributed by atoms with Crippen molar-refractivity contribution in [2.75, 3.05) is 13.7 Å². The van der Waals surface area contributed by atoms with E-state index in [-0.39, 0.29) is 11.5 Å². The predicted octanol–water partition coefficient (Wildman–Crippen LogP) is 2.51. The third-order valence-electron chi connectivity index (χ3n) is 3.38. The molecule has 2 N–H and O–H groups in total. The molecule has 29 heavy (non-hydrogen) atoms. The molecule has 13 heteroatoms. The van der Waals surface area contributed by atoms with Crippen LogP contribution >= 0.6 is 15.9 Å². The molecule has 0 spiro atoms. The number of phenols is 1. The molecule has 12 nitrogen and oxygen atoms in total. The highest BCUT2D eigenvalue weighted by atomic mass is 79.9. The number of benzene rings is 2. The van der Waals surface area contributed by atoms with E-state index in [0.717, 1.165) is 13.2 Å². The molecular formula is C16H13BrN4O8. The highest BCUT2D eigenvalue weighted by Gasteiger charge is 2.27. The van der Waals surface area contributed by atoms with Gasteiger partial charge in [-0.05, 0) is 18.2 Å². The van der Waals surface area contributed by atoms with Crippen molar-refractivity contribution in [3.63, 3.8) is 0 Å². The van der Waals surface area contributed by atoms with Gasteiger partial charge in [0.1, 0.15) is 5.75 Å². The Labute approximate surface area is 171 Å². The standard InChI is InChI=1S/C16H13BrN4O8/c1-28-14-6-11(20(24)25)5-12(21(26)27)16(14)29-8-15(23)19-18-7-9-4-10(17)2-3-13(9)22/h2-7,22H,8H2,1H3,(H,19,23)/b18-7-. The minimum atomic E-state index is -0.892. The summed E-state index contributed by atoms with van der Waals surface area (Å²) in [5.74, 6) is -1.55. The van der Waals surface area contributed by atoms with Crippen molar-refractivity contribution in [2.45, 2.75) is 0 Å². The Bertz CT molecular complexity index is 995. The topological polar surface area (TPSA) is 166 Å². The largest absolute Gasteiger partial charge is 0.507 e. The van der Waals surface area contributed by atoms with Crippen LogP contribution in [0.25, 0.3) is 0 Å². The number of hydrazone groups is 1. The smallest absolute Gasteiger partial charge is 0.321 e. The van der Waals surface area contributed by atoms with Crippen molar-refractivity contribution in [3.05, 3.63) is 60.6 Å². The first-order valence-corrected chi connectivity index (χ1v) is 8.46. The maximum Gasteiger partial charge on any atom is 0.321 e. The van der Waals surface area contributed by atoms with Crippen LogP contribution in [0, 0.1) is 20.2 Å². The van der Waals surface area contributed by atoms with Gasteiger partial charge in [0.05, 0.1) is 35.3 Å². The third-order valence-corrected chi connectivity index (χ3v) is 3.87. The Morgan fingerprint density at radius 2 is 2.00 bits per heavy atom. The molecular weight excluding hydrogens is 456 g/mol. The number of halogens is 1. The molecule has 0 saturated carbocycles. The first-order chi connectivity index (χ1) is 13.7. The molecule has 0 heterocycles. The fraction of sp³-hybridized carbons (Fsp3) is 0.125. The van der Waals surface area contributed by atoms with Crippen LogP contribution in [-0.2, 0) is 4.79 Å². The Kier molecular flexibility index (Phi) is 7.03. The van der Waals surface area contributed by atoms with Crippen LogP contribution in [0.4, 0.5) is 11.4 Å². The summed E-state index contributed by atoms with van der Waals surface area (Å²) in [5, 5.41) is 35.4. The van der Waals surface area contributed by atoms with Gasteiger partial charge in [-0.1, -0.05) is 15.9 Å². The van der Waals surface area contributed by atoms with Crippen LogP contribution in [0.2, 0.25) is 0 Å². The van der Waals surface area contributed by atoms with Gasteiger partial charge in [-0.15, -0.1) is 0 Å². The summed E-state index contributed by atoms with van der Waals surface area (Å²) in [5.41, 5.74) is 1.16. The van der Waals surface area contributed by atoms with Crippen LogP contribution in [-0.4, -0.2) is 40.8 Å². The predicted molar refractivity (Wildman–Crippen MR) is 103 cm³/mol. The number of carbonyl (C=O) groups is 1. The van der Waals surface area contributed by atoms with Gasteiger partial charge in [-0.2, -0.15) is 5.10 Å². The van der Waals surface area contributed by atoms with Gasteiger partial charge < -0.3 is 14.6 Å². The quantitative estimate of drug-likeness (QED) is 0.338. The number of nitro benzene ring substituents is 2. The van der Waals surface area contributed by atoms with E-state index in [1.165, 1.54) is 12.3 Å². The van der Waals surface area contributed by atoms with Crippen molar-refractivity contribution in [3.8, 4) is 17.2 Å². The first-order valence-electron chi connectivity index (χ1n) is 7.67. The van der Waals surface area contributed by atoms with Crippen LogP contribution < -0.4 is 14.9 Å². The fourth-order valence-electron chi connectivity index (χ4n) is 2.08. The van der Waals surface area contributed by atoms with Crippen molar-refractivity contribution in [2.24, 2.45) is 5.10 Å². The number of non-ortho nitro benzene ring substituents is 1. The molecule has 0 aliphatic carbocycles. The minimum absolute atomic E-state index is 0.0614. The van der Waals surface area contributed by atoms with Gasteiger partial charge >= 0.3 is 5.69 Å². The monoisotopic (exact) mass is 468 g/mol. The number of nitrogens with one attached hydrogen (secondary N) is 1. The zero-order valence-corrected chi connectivity index (χ0v) is 16.3. The average Bonchev–Trinajstić information content (AvgIpc) is 2.68. The third kappa shape index (κ3) is 5.62. The summed E-state index contributed by atoms with van der Waals surface area (Å²) in [6.07, 6.45) is 1.19. The van der Waals surface area contributed by atoms with Crippen LogP contribution in [0.15, 0.2) is 39.9 Å². The summed E-state index contributed by atoms with van der Waals surface area (Å²) < 4.78 is 10.7. The second kappa shape index (κ2) is 9.45. The van der Waals surface area contributed by atoms with Crippen LogP contribution in [0.5, 0.6) is 17.2 Å². The van der Waals surface area contributed by atoms with Gasteiger partial charge in [-0.25, -0.2) is 5.43 Å². The number of ether oxygens (including phenoxy) is 2. The van der Waals surface area contributed by atoms with Crippen molar-refractivity contribution >= 4 is 39.4 Å². The Morgan fingerprint density at radius 3 is 2.62 bits per heavy atom.